The SMILES string of the molecule is C=C(/N=C\C=C/N)C(CCC)CCCCCCC. The molecule has 0 amide bonds. The summed E-state index contributed by atoms with van der Waals surface area (Å²) in [6, 6.07) is 0. The summed E-state index contributed by atoms with van der Waals surface area (Å²) in [7, 11) is 0. The summed E-state index contributed by atoms with van der Waals surface area (Å²) in [6.07, 6.45) is 15.3. The number of aliphatic imine (C=N–C) groups is 1. The van der Waals surface area contributed by atoms with Crippen LogP contribution in [-0.2, 0) is 0 Å². The van der Waals surface area contributed by atoms with Gasteiger partial charge in [0.05, 0.1) is 0 Å². The molecule has 0 spiro atoms. The second-order valence-corrected chi connectivity index (χ2v) is 4.84. The van der Waals surface area contributed by atoms with Gasteiger partial charge < -0.3 is 5.73 Å². The second kappa shape index (κ2) is 12.4. The van der Waals surface area contributed by atoms with E-state index in [9.17, 15) is 0 Å². The maximum Gasteiger partial charge on any atom is 0.0362 e. The van der Waals surface area contributed by atoms with Crippen LogP contribution >= 0.6 is 0 Å². The fraction of sp³-hybridized carbons (Fsp3) is 0.688. The number of unbranched alkanes of at least 4 members (excludes halogenated alkanes) is 4. The van der Waals surface area contributed by atoms with Gasteiger partial charge in [-0.3, -0.25) is 4.99 Å². The summed E-state index contributed by atoms with van der Waals surface area (Å²) in [4.78, 5) is 4.36. The van der Waals surface area contributed by atoms with Crippen molar-refractivity contribution in [3.63, 3.8) is 0 Å². The quantitative estimate of drug-likeness (QED) is 0.414. The number of allylic oxidation sites excluding steroid dienone is 2. The lowest BCUT2D eigenvalue weighted by Gasteiger charge is -2.15. The van der Waals surface area contributed by atoms with E-state index >= 15 is 0 Å². The first-order valence-corrected chi connectivity index (χ1v) is 7.35. The third-order valence-electron chi connectivity index (χ3n) is 3.20. The van der Waals surface area contributed by atoms with E-state index < -0.39 is 0 Å². The molecular weight excluding hydrogens is 220 g/mol. The van der Waals surface area contributed by atoms with Crippen molar-refractivity contribution in [2.45, 2.75) is 65.2 Å². The smallest absolute Gasteiger partial charge is 0.0362 e. The van der Waals surface area contributed by atoms with Gasteiger partial charge >= 0.3 is 0 Å². The molecule has 2 nitrogen and oxygen atoms in total. The summed E-state index contributed by atoms with van der Waals surface area (Å²) in [6.45, 7) is 8.56. The minimum atomic E-state index is 0.541. The van der Waals surface area contributed by atoms with E-state index in [1.165, 1.54) is 57.6 Å². The molecule has 0 bridgehead atoms. The summed E-state index contributed by atoms with van der Waals surface area (Å²) >= 11 is 0. The maximum atomic E-state index is 5.27. The molecule has 0 aromatic heterocycles. The lowest BCUT2D eigenvalue weighted by atomic mass is 9.93. The predicted octanol–water partition coefficient (Wildman–Crippen LogP) is 4.82. The highest BCUT2D eigenvalue weighted by molar-refractivity contribution is 5.71. The molecule has 0 aliphatic heterocycles. The fourth-order valence-electron chi connectivity index (χ4n) is 2.11. The normalized spacial score (nSPS) is 13.4. The Labute approximate surface area is 113 Å². The highest BCUT2D eigenvalue weighted by atomic mass is 14.7. The van der Waals surface area contributed by atoms with Crippen molar-refractivity contribution >= 4 is 6.21 Å². The maximum absolute atomic E-state index is 5.27. The van der Waals surface area contributed by atoms with Crippen LogP contribution in [0.5, 0.6) is 0 Å². The second-order valence-electron chi connectivity index (χ2n) is 4.84. The van der Waals surface area contributed by atoms with Crippen LogP contribution in [0.1, 0.15) is 65.2 Å². The molecule has 104 valence electrons. The van der Waals surface area contributed by atoms with E-state index in [1.54, 1.807) is 12.3 Å². The van der Waals surface area contributed by atoms with Crippen molar-refractivity contribution in [1.82, 2.24) is 0 Å². The third-order valence-corrected chi connectivity index (χ3v) is 3.20. The highest BCUT2D eigenvalue weighted by Gasteiger charge is 2.10. The van der Waals surface area contributed by atoms with Crippen molar-refractivity contribution in [3.8, 4) is 0 Å². The molecule has 1 unspecified atom stereocenters. The molecular formula is C16H30N2. The zero-order chi connectivity index (χ0) is 13.6. The van der Waals surface area contributed by atoms with Gasteiger partial charge in [0.15, 0.2) is 0 Å². The van der Waals surface area contributed by atoms with Crippen LogP contribution in [0.15, 0.2) is 29.5 Å². The van der Waals surface area contributed by atoms with Gasteiger partial charge in [-0.15, -0.1) is 0 Å². The zero-order valence-electron chi connectivity index (χ0n) is 12.2. The number of hydrogen-bond donors (Lipinski definition) is 1. The van der Waals surface area contributed by atoms with E-state index in [2.05, 4.69) is 25.4 Å². The molecule has 0 aromatic carbocycles. The van der Waals surface area contributed by atoms with Gasteiger partial charge in [-0.05, 0) is 25.1 Å². The number of hydrogen-bond acceptors (Lipinski definition) is 2. The standard InChI is InChI=1S/C16H30N2/c1-4-6-7-8-9-12-16(11-5-2)15(3)18-14-10-13-17/h10,13-14,16H,3-9,11-12,17H2,1-2H3/b13-10-,18-14-. The van der Waals surface area contributed by atoms with Crippen molar-refractivity contribution < 1.29 is 0 Å². The third kappa shape index (κ3) is 9.03. The van der Waals surface area contributed by atoms with Gasteiger partial charge in [-0.2, -0.15) is 0 Å². The minimum Gasteiger partial charge on any atom is -0.405 e. The Morgan fingerprint density at radius 3 is 2.44 bits per heavy atom. The monoisotopic (exact) mass is 250 g/mol. The molecule has 0 saturated carbocycles. The molecule has 0 aromatic rings. The van der Waals surface area contributed by atoms with E-state index in [4.69, 9.17) is 5.73 Å². The van der Waals surface area contributed by atoms with Crippen LogP contribution in [0.4, 0.5) is 0 Å². The average molecular weight is 250 g/mol. The number of nitrogens with zero attached hydrogens (tertiary/aromatic N) is 1. The molecule has 2 N–H and O–H groups in total. The Bertz CT molecular complexity index is 254. The molecule has 0 aliphatic rings. The van der Waals surface area contributed by atoms with Gasteiger partial charge in [0, 0.05) is 17.8 Å². The molecule has 0 rings (SSSR count). The molecule has 0 fully saturated rings. The first-order valence-electron chi connectivity index (χ1n) is 7.35. The lowest BCUT2D eigenvalue weighted by molar-refractivity contribution is 0.471. The summed E-state index contributed by atoms with van der Waals surface area (Å²) in [5.74, 6) is 0.541. The van der Waals surface area contributed by atoms with Gasteiger partial charge in [0.1, 0.15) is 0 Å². The van der Waals surface area contributed by atoms with E-state index in [-0.39, 0.29) is 0 Å². The topological polar surface area (TPSA) is 38.4 Å². The Balaban J connectivity index is 4.00. The average Bonchev–Trinajstić information content (AvgIpc) is 2.37. The Kier molecular flexibility index (Phi) is 11.7. The molecule has 0 saturated heterocycles. The van der Waals surface area contributed by atoms with Crippen LogP contribution < -0.4 is 5.73 Å². The number of nitrogens with two attached hydrogens (primary N) is 1. The fourth-order valence-corrected chi connectivity index (χ4v) is 2.11. The van der Waals surface area contributed by atoms with Crippen LogP contribution in [-0.4, -0.2) is 6.21 Å². The Hall–Kier alpha value is -1.05. The van der Waals surface area contributed by atoms with E-state index in [1.807, 2.05) is 0 Å². The largest absolute Gasteiger partial charge is 0.405 e. The van der Waals surface area contributed by atoms with Crippen LogP contribution in [0, 0.1) is 5.92 Å². The van der Waals surface area contributed by atoms with Gasteiger partial charge in [-0.1, -0.05) is 59.0 Å². The number of rotatable bonds is 11. The lowest BCUT2D eigenvalue weighted by Crippen LogP contribution is -2.02. The van der Waals surface area contributed by atoms with Crippen molar-refractivity contribution in [2.24, 2.45) is 16.6 Å². The highest BCUT2D eigenvalue weighted by Crippen LogP contribution is 2.23. The van der Waals surface area contributed by atoms with Crippen LogP contribution in [0.3, 0.4) is 0 Å². The van der Waals surface area contributed by atoms with Crippen molar-refractivity contribution in [2.75, 3.05) is 0 Å². The first kappa shape index (κ1) is 16.9. The van der Waals surface area contributed by atoms with E-state index in [0.29, 0.717) is 5.92 Å². The first-order chi connectivity index (χ1) is 8.76. The summed E-state index contributed by atoms with van der Waals surface area (Å²) < 4.78 is 0. The summed E-state index contributed by atoms with van der Waals surface area (Å²) in [5.41, 5.74) is 6.28. The molecule has 2 heteroatoms. The van der Waals surface area contributed by atoms with Gasteiger partial charge in [-0.25, -0.2) is 0 Å². The predicted molar refractivity (Wildman–Crippen MR) is 82.7 cm³/mol. The Morgan fingerprint density at radius 2 is 1.83 bits per heavy atom. The van der Waals surface area contributed by atoms with Crippen LogP contribution in [0.25, 0.3) is 0 Å². The molecule has 0 radical (unpaired) electrons. The Morgan fingerprint density at radius 1 is 1.11 bits per heavy atom. The van der Waals surface area contributed by atoms with E-state index in [0.717, 1.165) is 5.70 Å². The molecule has 0 aliphatic carbocycles. The van der Waals surface area contributed by atoms with Gasteiger partial charge in [0.25, 0.3) is 0 Å². The zero-order valence-corrected chi connectivity index (χ0v) is 12.2. The molecule has 1 atom stereocenters. The van der Waals surface area contributed by atoms with Gasteiger partial charge in [0.2, 0.25) is 0 Å². The summed E-state index contributed by atoms with van der Waals surface area (Å²) in [5, 5.41) is 0. The molecule has 18 heavy (non-hydrogen) atoms. The van der Waals surface area contributed by atoms with Crippen LogP contribution in [0.2, 0.25) is 0 Å². The molecule has 0 heterocycles. The van der Waals surface area contributed by atoms with Crippen molar-refractivity contribution in [1.29, 1.82) is 0 Å². The van der Waals surface area contributed by atoms with Crippen molar-refractivity contribution in [3.05, 3.63) is 24.6 Å². The minimum absolute atomic E-state index is 0.541.